The number of anilines is 1. The molecule has 2 heteroatoms. The van der Waals surface area contributed by atoms with Crippen molar-refractivity contribution in [3.05, 3.63) is 72.3 Å². The first-order chi connectivity index (χ1) is 8.38. The van der Waals surface area contributed by atoms with Crippen LogP contribution in [0.3, 0.4) is 0 Å². The van der Waals surface area contributed by atoms with E-state index >= 15 is 0 Å². The first-order valence-corrected chi connectivity index (χ1v) is 5.64. The maximum absolute atomic E-state index is 3.73. The van der Waals surface area contributed by atoms with Crippen molar-refractivity contribution in [2.45, 2.75) is 6.54 Å². The van der Waals surface area contributed by atoms with Gasteiger partial charge in [0.1, 0.15) is 0 Å². The number of hydrazine groups is 1. The molecule has 2 N–H and O–H groups in total. The van der Waals surface area contributed by atoms with Crippen LogP contribution >= 0.6 is 0 Å². The molecule has 2 rings (SSSR count). The Hall–Kier alpha value is -2.06. The van der Waals surface area contributed by atoms with Crippen molar-refractivity contribution in [3.8, 4) is 0 Å². The maximum Gasteiger partial charge on any atom is 0.0487 e. The fourth-order valence-corrected chi connectivity index (χ4v) is 1.54. The molecule has 0 atom stereocenters. The molecule has 2 aromatic rings. The molecule has 0 fully saturated rings. The Bertz CT molecular complexity index is 460. The van der Waals surface area contributed by atoms with Crippen LogP contribution < -0.4 is 10.9 Å². The zero-order valence-electron chi connectivity index (χ0n) is 9.69. The van der Waals surface area contributed by atoms with E-state index < -0.39 is 0 Å². The third kappa shape index (κ3) is 3.47. The van der Waals surface area contributed by atoms with Gasteiger partial charge in [-0.15, -0.1) is 0 Å². The molecule has 17 heavy (non-hydrogen) atoms. The molecule has 0 bridgehead atoms. The zero-order valence-corrected chi connectivity index (χ0v) is 9.69. The summed E-state index contributed by atoms with van der Waals surface area (Å²) in [5, 5.41) is 0. The van der Waals surface area contributed by atoms with E-state index in [9.17, 15) is 0 Å². The average Bonchev–Trinajstić information content (AvgIpc) is 2.41. The molecule has 0 saturated carbocycles. The molecular formula is C15H16N2. The highest BCUT2D eigenvalue weighted by Crippen LogP contribution is 2.06. The first kappa shape index (κ1) is 11.4. The summed E-state index contributed by atoms with van der Waals surface area (Å²) in [4.78, 5) is 0. The Morgan fingerprint density at radius 2 is 1.65 bits per heavy atom. The van der Waals surface area contributed by atoms with Crippen LogP contribution in [-0.2, 0) is 6.54 Å². The third-order valence-corrected chi connectivity index (χ3v) is 2.51. The van der Waals surface area contributed by atoms with Crippen LogP contribution in [0, 0.1) is 0 Å². The summed E-state index contributed by atoms with van der Waals surface area (Å²) in [6.07, 6.45) is 1.85. The lowest BCUT2D eigenvalue weighted by molar-refractivity contribution is 0.801. The van der Waals surface area contributed by atoms with E-state index in [0.29, 0.717) is 0 Å². The van der Waals surface area contributed by atoms with Gasteiger partial charge in [0.05, 0.1) is 0 Å². The number of rotatable bonds is 5. The minimum absolute atomic E-state index is 0.784. The van der Waals surface area contributed by atoms with Gasteiger partial charge in [-0.05, 0) is 23.3 Å². The third-order valence-electron chi connectivity index (χ3n) is 2.51. The molecule has 86 valence electrons. The molecule has 0 amide bonds. The van der Waals surface area contributed by atoms with Crippen molar-refractivity contribution in [1.29, 1.82) is 0 Å². The normalized spacial score (nSPS) is 9.88. The Labute approximate surface area is 102 Å². The molecule has 0 radical (unpaired) electrons. The first-order valence-electron chi connectivity index (χ1n) is 5.64. The van der Waals surface area contributed by atoms with Gasteiger partial charge in [-0.2, -0.15) is 0 Å². The van der Waals surface area contributed by atoms with Gasteiger partial charge in [-0.3, -0.25) is 0 Å². The summed E-state index contributed by atoms with van der Waals surface area (Å²) in [6.45, 7) is 4.52. The summed E-state index contributed by atoms with van der Waals surface area (Å²) < 4.78 is 0. The highest BCUT2D eigenvalue weighted by molar-refractivity contribution is 5.47. The molecule has 0 unspecified atom stereocenters. The van der Waals surface area contributed by atoms with Crippen LogP contribution in [-0.4, -0.2) is 0 Å². The molecule has 0 aliphatic heterocycles. The van der Waals surface area contributed by atoms with Gasteiger partial charge in [-0.1, -0.05) is 55.1 Å². The van der Waals surface area contributed by atoms with Crippen molar-refractivity contribution in [3.63, 3.8) is 0 Å². The molecule has 0 aliphatic rings. The molecule has 0 heterocycles. The number of benzene rings is 2. The van der Waals surface area contributed by atoms with Gasteiger partial charge >= 0.3 is 0 Å². The SMILES string of the molecule is C=Cc1ccc(CNNc2ccccc2)cc1. The van der Waals surface area contributed by atoms with E-state index in [4.69, 9.17) is 0 Å². The van der Waals surface area contributed by atoms with E-state index in [2.05, 4.69) is 41.7 Å². The molecule has 2 aromatic carbocycles. The minimum Gasteiger partial charge on any atom is -0.321 e. The summed E-state index contributed by atoms with van der Waals surface area (Å²) in [5.74, 6) is 0. The van der Waals surface area contributed by atoms with Gasteiger partial charge in [0.2, 0.25) is 0 Å². The standard InChI is InChI=1S/C15H16N2/c1-2-13-8-10-14(11-9-13)12-16-17-15-6-4-3-5-7-15/h2-11,16-17H,1,12H2. The van der Waals surface area contributed by atoms with Crippen molar-refractivity contribution >= 4 is 11.8 Å². The predicted molar refractivity (Wildman–Crippen MR) is 73.4 cm³/mol. The second-order valence-corrected chi connectivity index (χ2v) is 3.79. The summed E-state index contributed by atoms with van der Waals surface area (Å²) in [7, 11) is 0. The molecule has 0 aromatic heterocycles. The highest BCUT2D eigenvalue weighted by Gasteiger charge is 1.92. The molecule has 2 nitrogen and oxygen atoms in total. The van der Waals surface area contributed by atoms with E-state index in [-0.39, 0.29) is 0 Å². The Morgan fingerprint density at radius 3 is 2.29 bits per heavy atom. The topological polar surface area (TPSA) is 24.1 Å². The summed E-state index contributed by atoms with van der Waals surface area (Å²) >= 11 is 0. The smallest absolute Gasteiger partial charge is 0.0487 e. The summed E-state index contributed by atoms with van der Waals surface area (Å²) in [6, 6.07) is 18.4. The van der Waals surface area contributed by atoms with Crippen molar-refractivity contribution in [2.75, 3.05) is 5.43 Å². The molecular weight excluding hydrogens is 208 g/mol. The summed E-state index contributed by atoms with van der Waals surface area (Å²) in [5.41, 5.74) is 9.77. The van der Waals surface area contributed by atoms with E-state index in [0.717, 1.165) is 17.8 Å². The van der Waals surface area contributed by atoms with Crippen molar-refractivity contribution in [1.82, 2.24) is 5.43 Å². The minimum atomic E-state index is 0.784. The second kappa shape index (κ2) is 5.87. The fraction of sp³-hybridized carbons (Fsp3) is 0.0667. The van der Waals surface area contributed by atoms with Gasteiger partial charge < -0.3 is 5.43 Å². The average molecular weight is 224 g/mol. The Kier molecular flexibility index (Phi) is 3.95. The Morgan fingerprint density at radius 1 is 0.941 bits per heavy atom. The van der Waals surface area contributed by atoms with Crippen LogP contribution in [0.2, 0.25) is 0 Å². The zero-order chi connectivity index (χ0) is 11.9. The van der Waals surface area contributed by atoms with Crippen LogP contribution in [0.25, 0.3) is 6.08 Å². The largest absolute Gasteiger partial charge is 0.321 e. The van der Waals surface area contributed by atoms with E-state index in [1.54, 1.807) is 0 Å². The number of para-hydroxylation sites is 1. The predicted octanol–water partition coefficient (Wildman–Crippen LogP) is 3.45. The van der Waals surface area contributed by atoms with E-state index in [1.807, 2.05) is 36.4 Å². The van der Waals surface area contributed by atoms with Crippen molar-refractivity contribution in [2.24, 2.45) is 0 Å². The lowest BCUT2D eigenvalue weighted by atomic mass is 10.1. The lowest BCUT2D eigenvalue weighted by Crippen LogP contribution is -2.20. The maximum atomic E-state index is 3.73. The van der Waals surface area contributed by atoms with Crippen LogP contribution in [0.4, 0.5) is 5.69 Å². The quantitative estimate of drug-likeness (QED) is 0.760. The number of hydrogen-bond acceptors (Lipinski definition) is 2. The van der Waals surface area contributed by atoms with Gasteiger partial charge in [0, 0.05) is 12.2 Å². The Balaban J connectivity index is 1.84. The second-order valence-electron chi connectivity index (χ2n) is 3.79. The molecule has 0 spiro atoms. The van der Waals surface area contributed by atoms with Crippen LogP contribution in [0.15, 0.2) is 61.2 Å². The van der Waals surface area contributed by atoms with Gasteiger partial charge in [0.25, 0.3) is 0 Å². The molecule has 0 saturated heterocycles. The fourth-order valence-electron chi connectivity index (χ4n) is 1.54. The monoisotopic (exact) mass is 224 g/mol. The van der Waals surface area contributed by atoms with Gasteiger partial charge in [0.15, 0.2) is 0 Å². The number of hydrogen-bond donors (Lipinski definition) is 2. The molecule has 0 aliphatic carbocycles. The van der Waals surface area contributed by atoms with Crippen molar-refractivity contribution < 1.29 is 0 Å². The number of nitrogens with one attached hydrogen (secondary N) is 2. The van der Waals surface area contributed by atoms with Gasteiger partial charge in [-0.25, -0.2) is 5.43 Å². The van der Waals surface area contributed by atoms with Crippen LogP contribution in [0.1, 0.15) is 11.1 Å². The van der Waals surface area contributed by atoms with Crippen LogP contribution in [0.5, 0.6) is 0 Å². The lowest BCUT2D eigenvalue weighted by Gasteiger charge is -2.08. The highest BCUT2D eigenvalue weighted by atomic mass is 15.3. The van der Waals surface area contributed by atoms with E-state index in [1.165, 1.54) is 5.56 Å².